The molecule has 0 saturated carbocycles. The van der Waals surface area contributed by atoms with Crippen LogP contribution in [0.15, 0.2) is 120 Å². The highest BCUT2D eigenvalue weighted by Gasteiger charge is 2.37. The lowest BCUT2D eigenvalue weighted by atomic mass is 9.76. The van der Waals surface area contributed by atoms with Crippen LogP contribution < -0.4 is 14.8 Å². The van der Waals surface area contributed by atoms with E-state index in [-0.39, 0.29) is 6.04 Å². The fraction of sp³-hybridized carbons (Fsp3) is 0.205. The van der Waals surface area contributed by atoms with E-state index in [2.05, 4.69) is 109 Å². The van der Waals surface area contributed by atoms with Gasteiger partial charge < -0.3 is 14.8 Å². The smallest absolute Gasteiger partial charge is 0.161 e. The molecule has 0 bridgehead atoms. The first kappa shape index (κ1) is 27.0. The van der Waals surface area contributed by atoms with Gasteiger partial charge in [-0.1, -0.05) is 84.4 Å². The van der Waals surface area contributed by atoms with Gasteiger partial charge in [0.05, 0.1) is 18.3 Å². The Bertz CT molecular complexity index is 1820. The number of anilines is 1. The summed E-state index contributed by atoms with van der Waals surface area (Å²) in [6.45, 7) is 5.19. The van der Waals surface area contributed by atoms with E-state index < -0.39 is 0 Å². The average Bonchev–Trinajstić information content (AvgIpc) is 3.54. The van der Waals surface area contributed by atoms with E-state index in [9.17, 15) is 0 Å². The number of aliphatic imine (C=N–C) groups is 1. The van der Waals surface area contributed by atoms with Gasteiger partial charge in [-0.05, 0) is 95.6 Å². The molecule has 214 valence electrons. The normalized spacial score (nSPS) is 18.8. The van der Waals surface area contributed by atoms with Gasteiger partial charge in [0.15, 0.2) is 11.5 Å². The lowest BCUT2D eigenvalue weighted by molar-refractivity contribution is 0.270. The van der Waals surface area contributed by atoms with Crippen molar-refractivity contribution in [3.63, 3.8) is 0 Å². The molecule has 5 aromatic rings. The van der Waals surface area contributed by atoms with Crippen LogP contribution in [-0.4, -0.2) is 12.8 Å². The van der Waals surface area contributed by atoms with Crippen molar-refractivity contribution in [2.45, 2.75) is 38.8 Å². The fourth-order valence-electron chi connectivity index (χ4n) is 6.53. The first-order chi connectivity index (χ1) is 21.2. The number of benzene rings is 5. The molecular formula is C39H36N2O2. The van der Waals surface area contributed by atoms with Gasteiger partial charge in [-0.15, -0.1) is 0 Å². The zero-order valence-corrected chi connectivity index (χ0v) is 24.7. The van der Waals surface area contributed by atoms with Crippen molar-refractivity contribution in [1.82, 2.24) is 0 Å². The summed E-state index contributed by atoms with van der Waals surface area (Å²) < 4.78 is 12.2. The van der Waals surface area contributed by atoms with Crippen LogP contribution in [-0.2, 0) is 6.61 Å². The monoisotopic (exact) mass is 564 g/mol. The second-order valence-corrected chi connectivity index (χ2v) is 11.5. The number of rotatable bonds is 8. The summed E-state index contributed by atoms with van der Waals surface area (Å²) in [4.78, 5) is 4.78. The minimum Gasteiger partial charge on any atom is -0.490 e. The lowest BCUT2D eigenvalue weighted by Gasteiger charge is -2.37. The molecule has 1 aliphatic heterocycles. The number of nitrogens with one attached hydrogen (secondary N) is 1. The Morgan fingerprint density at radius 2 is 1.72 bits per heavy atom. The van der Waals surface area contributed by atoms with Crippen LogP contribution in [0, 0.1) is 12.8 Å². The molecule has 1 N–H and O–H groups in total. The van der Waals surface area contributed by atoms with E-state index in [1.165, 1.54) is 33.2 Å². The van der Waals surface area contributed by atoms with Crippen LogP contribution in [0.3, 0.4) is 0 Å². The number of nitrogens with zero attached hydrogens (tertiary/aromatic N) is 1. The molecule has 7 rings (SSSR count). The third kappa shape index (κ3) is 5.53. The molecule has 3 atom stereocenters. The fourth-order valence-corrected chi connectivity index (χ4v) is 6.53. The number of allylic oxidation sites excluding steroid dienone is 2. The van der Waals surface area contributed by atoms with Crippen LogP contribution in [0.25, 0.3) is 10.8 Å². The highest BCUT2D eigenvalue weighted by atomic mass is 16.5. The van der Waals surface area contributed by atoms with E-state index in [1.807, 2.05) is 31.3 Å². The molecule has 0 fully saturated rings. The number of hydrogen-bond acceptors (Lipinski definition) is 4. The minimum atomic E-state index is 0.281. The number of hydrogen-bond donors (Lipinski definition) is 1. The third-order valence-electron chi connectivity index (χ3n) is 8.66. The van der Waals surface area contributed by atoms with Gasteiger partial charge in [-0.3, -0.25) is 4.99 Å². The Labute approximate surface area is 253 Å². The first-order valence-electron chi connectivity index (χ1n) is 15.2. The van der Waals surface area contributed by atoms with Gasteiger partial charge >= 0.3 is 0 Å². The maximum atomic E-state index is 6.25. The Kier molecular flexibility index (Phi) is 7.42. The lowest BCUT2D eigenvalue weighted by Crippen LogP contribution is -2.29. The SMILES string of the molecule is CCOc1cc(C=Nc2ccc([C@@H]3Nc4ccc(C)cc4[C@H]4C=CC[C@@H]43)cc2)ccc1OCc1cccc2ccccc12. The van der Waals surface area contributed by atoms with Crippen molar-refractivity contribution in [1.29, 1.82) is 0 Å². The first-order valence-corrected chi connectivity index (χ1v) is 15.2. The average molecular weight is 565 g/mol. The van der Waals surface area contributed by atoms with Gasteiger partial charge in [0.25, 0.3) is 0 Å². The van der Waals surface area contributed by atoms with Crippen LogP contribution in [0.1, 0.15) is 53.1 Å². The molecule has 1 heterocycles. The van der Waals surface area contributed by atoms with E-state index in [4.69, 9.17) is 14.5 Å². The van der Waals surface area contributed by atoms with E-state index in [0.29, 0.717) is 25.0 Å². The molecule has 2 aliphatic rings. The van der Waals surface area contributed by atoms with Gasteiger partial charge in [0.1, 0.15) is 6.61 Å². The molecule has 4 heteroatoms. The Morgan fingerprint density at radius 3 is 2.60 bits per heavy atom. The van der Waals surface area contributed by atoms with Crippen molar-refractivity contribution in [3.05, 3.63) is 143 Å². The number of fused-ring (bicyclic) bond motifs is 4. The summed E-state index contributed by atoms with van der Waals surface area (Å²) in [5, 5.41) is 6.25. The van der Waals surface area contributed by atoms with Gasteiger partial charge in [0, 0.05) is 17.8 Å². The number of aryl methyl sites for hydroxylation is 1. The summed E-state index contributed by atoms with van der Waals surface area (Å²) in [7, 11) is 0. The van der Waals surface area contributed by atoms with Crippen molar-refractivity contribution in [2.75, 3.05) is 11.9 Å². The molecule has 0 amide bonds. The topological polar surface area (TPSA) is 42.8 Å². The minimum absolute atomic E-state index is 0.281. The Hall–Kier alpha value is -4.83. The molecule has 0 radical (unpaired) electrons. The zero-order chi connectivity index (χ0) is 29.2. The molecular weight excluding hydrogens is 528 g/mol. The summed E-state index contributed by atoms with van der Waals surface area (Å²) in [6.07, 6.45) is 7.72. The van der Waals surface area contributed by atoms with Crippen molar-refractivity contribution in [3.8, 4) is 11.5 Å². The molecule has 0 aromatic heterocycles. The van der Waals surface area contributed by atoms with E-state index in [1.54, 1.807) is 0 Å². The summed E-state index contributed by atoms with van der Waals surface area (Å²) in [6, 6.07) is 36.4. The van der Waals surface area contributed by atoms with Crippen molar-refractivity contribution < 1.29 is 9.47 Å². The molecule has 5 aromatic carbocycles. The van der Waals surface area contributed by atoms with E-state index in [0.717, 1.165) is 34.7 Å². The van der Waals surface area contributed by atoms with Crippen LogP contribution in [0.2, 0.25) is 0 Å². The van der Waals surface area contributed by atoms with Crippen LogP contribution in [0.5, 0.6) is 11.5 Å². The third-order valence-corrected chi connectivity index (χ3v) is 8.66. The van der Waals surface area contributed by atoms with E-state index >= 15 is 0 Å². The maximum absolute atomic E-state index is 6.25. The summed E-state index contributed by atoms with van der Waals surface area (Å²) >= 11 is 0. The highest BCUT2D eigenvalue weighted by molar-refractivity contribution is 5.85. The van der Waals surface area contributed by atoms with Crippen LogP contribution in [0.4, 0.5) is 11.4 Å². The summed E-state index contributed by atoms with van der Waals surface area (Å²) in [5.74, 6) is 2.45. The largest absolute Gasteiger partial charge is 0.490 e. The van der Waals surface area contributed by atoms with Gasteiger partial charge in [-0.25, -0.2) is 0 Å². The predicted molar refractivity (Wildman–Crippen MR) is 177 cm³/mol. The van der Waals surface area contributed by atoms with Crippen molar-refractivity contribution in [2.24, 2.45) is 10.9 Å². The second-order valence-electron chi connectivity index (χ2n) is 11.5. The van der Waals surface area contributed by atoms with Crippen molar-refractivity contribution >= 4 is 28.4 Å². The number of ether oxygens (including phenoxy) is 2. The molecule has 1 aliphatic carbocycles. The Balaban J connectivity index is 1.06. The maximum Gasteiger partial charge on any atom is 0.161 e. The molecule has 4 nitrogen and oxygen atoms in total. The quantitative estimate of drug-likeness (QED) is 0.151. The predicted octanol–water partition coefficient (Wildman–Crippen LogP) is 9.70. The highest BCUT2D eigenvalue weighted by Crippen LogP contribution is 2.50. The Morgan fingerprint density at radius 1 is 0.860 bits per heavy atom. The van der Waals surface area contributed by atoms with Crippen LogP contribution >= 0.6 is 0 Å². The standard InChI is InChI=1S/C39H36N2O2/c1-3-42-38-23-27(15-21-37(38)43-25-30-10-6-9-28-8-4-5-11-32(28)30)24-40-31-18-16-29(17-19-31)39-34-13-7-12-33(34)35-22-26(2)14-20-36(35)41-39/h4-12,14-24,33-34,39,41H,3,13,25H2,1-2H3/t33-,34-,39-/m0/s1. The molecule has 0 unspecified atom stereocenters. The summed E-state index contributed by atoms with van der Waals surface area (Å²) in [5.41, 5.74) is 8.33. The molecule has 43 heavy (non-hydrogen) atoms. The van der Waals surface area contributed by atoms with Gasteiger partial charge in [-0.2, -0.15) is 0 Å². The van der Waals surface area contributed by atoms with Gasteiger partial charge in [0.2, 0.25) is 0 Å². The zero-order valence-electron chi connectivity index (χ0n) is 24.7. The molecule has 0 saturated heterocycles. The molecule has 0 spiro atoms. The second kappa shape index (κ2) is 11.8.